The molecule has 1 amide bonds. The molecule has 0 saturated heterocycles. The van der Waals surface area contributed by atoms with Crippen molar-refractivity contribution in [2.45, 2.75) is 13.5 Å². The maximum Gasteiger partial charge on any atom is 0.407 e. The lowest BCUT2D eigenvalue weighted by Gasteiger charge is -2.07. The number of carbonyl (C=O) groups is 1. The van der Waals surface area contributed by atoms with E-state index in [0.29, 0.717) is 19.7 Å². The average Bonchev–Trinajstić information content (AvgIpc) is 2.42. The summed E-state index contributed by atoms with van der Waals surface area (Å²) >= 11 is 0. The van der Waals surface area contributed by atoms with E-state index >= 15 is 0 Å². The zero-order valence-corrected chi connectivity index (χ0v) is 10.9. The molecule has 1 aromatic rings. The van der Waals surface area contributed by atoms with Crippen LogP contribution in [0.2, 0.25) is 0 Å². The number of likely N-dealkylation sites (N-methyl/N-ethyl adjacent to an activating group) is 1. The molecule has 0 fully saturated rings. The van der Waals surface area contributed by atoms with Crippen molar-refractivity contribution in [3.63, 3.8) is 0 Å². The summed E-state index contributed by atoms with van der Waals surface area (Å²) in [4.78, 5) is 11.3. The molecular weight excluding hydrogens is 232 g/mol. The van der Waals surface area contributed by atoms with Crippen molar-refractivity contribution >= 4 is 6.09 Å². The fourth-order valence-electron chi connectivity index (χ4n) is 1.36. The molecule has 5 nitrogen and oxygen atoms in total. The van der Waals surface area contributed by atoms with Gasteiger partial charge in [0.15, 0.2) is 0 Å². The van der Waals surface area contributed by atoms with Crippen LogP contribution in [0, 0.1) is 0 Å². The molecule has 0 aliphatic carbocycles. The predicted octanol–water partition coefficient (Wildman–Crippen LogP) is 1.53. The van der Waals surface area contributed by atoms with Crippen molar-refractivity contribution in [3.8, 4) is 5.75 Å². The Morgan fingerprint density at radius 1 is 1.28 bits per heavy atom. The highest BCUT2D eigenvalue weighted by molar-refractivity contribution is 5.67. The number of carbonyl (C=O) groups excluding carboxylic acids is 1. The minimum absolute atomic E-state index is 0.377. The van der Waals surface area contributed by atoms with Crippen LogP contribution < -0.4 is 15.4 Å². The largest absolute Gasteiger partial charge is 0.497 e. The van der Waals surface area contributed by atoms with Crippen molar-refractivity contribution in [1.29, 1.82) is 0 Å². The lowest BCUT2D eigenvalue weighted by atomic mass is 10.2. The van der Waals surface area contributed by atoms with Crippen LogP contribution in [0.4, 0.5) is 4.79 Å². The van der Waals surface area contributed by atoms with E-state index in [0.717, 1.165) is 17.9 Å². The molecule has 1 rings (SSSR count). The van der Waals surface area contributed by atoms with Crippen LogP contribution in [-0.4, -0.2) is 32.9 Å². The number of methoxy groups -OCH3 is 1. The third-order valence-electron chi connectivity index (χ3n) is 2.36. The second-order valence-electron chi connectivity index (χ2n) is 3.69. The Bertz CT molecular complexity index is 352. The maximum atomic E-state index is 11.3. The van der Waals surface area contributed by atoms with Gasteiger partial charge in [-0.3, -0.25) is 0 Å². The molecule has 0 aliphatic heterocycles. The molecule has 2 N–H and O–H groups in total. The molecule has 0 saturated carbocycles. The number of rotatable bonds is 7. The first kappa shape index (κ1) is 14.3. The van der Waals surface area contributed by atoms with Gasteiger partial charge in [-0.1, -0.05) is 19.1 Å². The fourth-order valence-corrected chi connectivity index (χ4v) is 1.36. The van der Waals surface area contributed by atoms with Gasteiger partial charge < -0.3 is 20.1 Å². The Balaban J connectivity index is 2.20. The van der Waals surface area contributed by atoms with Gasteiger partial charge in [0, 0.05) is 13.1 Å². The molecule has 0 heterocycles. The normalized spacial score (nSPS) is 9.89. The molecule has 0 aliphatic rings. The zero-order valence-electron chi connectivity index (χ0n) is 10.9. The Kier molecular flexibility index (Phi) is 6.64. The van der Waals surface area contributed by atoms with Gasteiger partial charge in [-0.15, -0.1) is 0 Å². The Morgan fingerprint density at radius 2 is 2.00 bits per heavy atom. The number of ether oxygens (including phenoxy) is 2. The zero-order chi connectivity index (χ0) is 13.2. The highest BCUT2D eigenvalue weighted by atomic mass is 16.5. The van der Waals surface area contributed by atoms with E-state index in [4.69, 9.17) is 9.47 Å². The van der Waals surface area contributed by atoms with Crippen molar-refractivity contribution < 1.29 is 14.3 Å². The van der Waals surface area contributed by atoms with Crippen LogP contribution in [0.25, 0.3) is 0 Å². The first-order chi connectivity index (χ1) is 8.76. The van der Waals surface area contributed by atoms with Gasteiger partial charge in [-0.2, -0.15) is 0 Å². The van der Waals surface area contributed by atoms with Gasteiger partial charge in [0.2, 0.25) is 0 Å². The molecular formula is C13H20N2O3. The summed E-state index contributed by atoms with van der Waals surface area (Å²) in [6.45, 7) is 4.37. The van der Waals surface area contributed by atoms with E-state index in [-0.39, 0.29) is 0 Å². The Labute approximate surface area is 107 Å². The second kappa shape index (κ2) is 8.36. The Morgan fingerprint density at radius 3 is 2.61 bits per heavy atom. The van der Waals surface area contributed by atoms with Crippen molar-refractivity contribution in [3.05, 3.63) is 29.8 Å². The van der Waals surface area contributed by atoms with Crippen LogP contribution in [0.5, 0.6) is 5.75 Å². The molecule has 0 atom stereocenters. The SMILES string of the molecule is CCNCCOC(=O)NCc1ccc(OC)cc1. The molecule has 0 aromatic heterocycles. The summed E-state index contributed by atoms with van der Waals surface area (Å²) in [5, 5.41) is 5.75. The lowest BCUT2D eigenvalue weighted by Crippen LogP contribution is -2.27. The number of benzene rings is 1. The average molecular weight is 252 g/mol. The van der Waals surface area contributed by atoms with Crippen molar-refractivity contribution in [1.82, 2.24) is 10.6 Å². The smallest absolute Gasteiger partial charge is 0.407 e. The third kappa shape index (κ3) is 5.54. The molecule has 100 valence electrons. The minimum atomic E-state index is -0.399. The van der Waals surface area contributed by atoms with Crippen LogP contribution >= 0.6 is 0 Å². The van der Waals surface area contributed by atoms with Crippen LogP contribution in [0.15, 0.2) is 24.3 Å². The lowest BCUT2D eigenvalue weighted by molar-refractivity contribution is 0.146. The third-order valence-corrected chi connectivity index (χ3v) is 2.36. The van der Waals surface area contributed by atoms with Gasteiger partial charge >= 0.3 is 6.09 Å². The van der Waals surface area contributed by atoms with Gasteiger partial charge in [0.25, 0.3) is 0 Å². The van der Waals surface area contributed by atoms with Crippen molar-refractivity contribution in [2.24, 2.45) is 0 Å². The number of alkyl carbamates (subject to hydrolysis) is 1. The molecule has 0 bridgehead atoms. The summed E-state index contributed by atoms with van der Waals surface area (Å²) in [6.07, 6.45) is -0.399. The summed E-state index contributed by atoms with van der Waals surface area (Å²) in [5.74, 6) is 0.798. The predicted molar refractivity (Wildman–Crippen MR) is 69.7 cm³/mol. The van der Waals surface area contributed by atoms with Crippen LogP contribution in [-0.2, 0) is 11.3 Å². The molecule has 5 heteroatoms. The molecule has 0 unspecified atom stereocenters. The highest BCUT2D eigenvalue weighted by Crippen LogP contribution is 2.10. The standard InChI is InChI=1S/C13H20N2O3/c1-3-14-8-9-18-13(16)15-10-11-4-6-12(17-2)7-5-11/h4-7,14H,3,8-10H2,1-2H3,(H,15,16). The van der Waals surface area contributed by atoms with Crippen molar-refractivity contribution in [2.75, 3.05) is 26.8 Å². The van der Waals surface area contributed by atoms with E-state index in [1.807, 2.05) is 31.2 Å². The maximum absolute atomic E-state index is 11.3. The van der Waals surface area contributed by atoms with Gasteiger partial charge in [-0.25, -0.2) is 4.79 Å². The van der Waals surface area contributed by atoms with E-state index in [1.165, 1.54) is 0 Å². The summed E-state index contributed by atoms with van der Waals surface area (Å²) < 4.78 is 10.0. The number of hydrogen-bond acceptors (Lipinski definition) is 4. The molecule has 18 heavy (non-hydrogen) atoms. The van der Waals surface area contributed by atoms with Gasteiger partial charge in [-0.05, 0) is 24.2 Å². The highest BCUT2D eigenvalue weighted by Gasteiger charge is 2.01. The first-order valence-electron chi connectivity index (χ1n) is 6.00. The number of nitrogens with one attached hydrogen (secondary N) is 2. The molecule has 0 radical (unpaired) electrons. The van der Waals surface area contributed by atoms with E-state index in [1.54, 1.807) is 7.11 Å². The monoisotopic (exact) mass is 252 g/mol. The van der Waals surface area contributed by atoms with E-state index < -0.39 is 6.09 Å². The van der Waals surface area contributed by atoms with Gasteiger partial charge in [0.05, 0.1) is 7.11 Å². The van der Waals surface area contributed by atoms with Gasteiger partial charge in [0.1, 0.15) is 12.4 Å². The summed E-state index contributed by atoms with van der Waals surface area (Å²) in [7, 11) is 1.62. The topological polar surface area (TPSA) is 59.6 Å². The summed E-state index contributed by atoms with van der Waals surface area (Å²) in [5.41, 5.74) is 0.999. The van der Waals surface area contributed by atoms with E-state index in [9.17, 15) is 4.79 Å². The van der Waals surface area contributed by atoms with Crippen LogP contribution in [0.1, 0.15) is 12.5 Å². The molecule has 0 spiro atoms. The number of hydrogen-bond donors (Lipinski definition) is 2. The second-order valence-corrected chi connectivity index (χ2v) is 3.69. The Hall–Kier alpha value is -1.75. The number of amides is 1. The quantitative estimate of drug-likeness (QED) is 0.723. The van der Waals surface area contributed by atoms with E-state index in [2.05, 4.69) is 10.6 Å². The first-order valence-corrected chi connectivity index (χ1v) is 6.00. The fraction of sp³-hybridized carbons (Fsp3) is 0.462. The molecule has 1 aromatic carbocycles. The summed E-state index contributed by atoms with van der Waals surface area (Å²) in [6, 6.07) is 7.51. The van der Waals surface area contributed by atoms with Crippen LogP contribution in [0.3, 0.4) is 0 Å². The minimum Gasteiger partial charge on any atom is -0.497 e.